The van der Waals surface area contributed by atoms with Crippen molar-refractivity contribution in [3.8, 4) is 11.5 Å². The molecule has 0 aromatic heterocycles. The fourth-order valence-electron chi connectivity index (χ4n) is 3.01. The van der Waals surface area contributed by atoms with Crippen LogP contribution in [-0.4, -0.2) is 42.4 Å². The smallest absolute Gasteiger partial charge is 0.259 e. The van der Waals surface area contributed by atoms with E-state index < -0.39 is 5.91 Å². The van der Waals surface area contributed by atoms with E-state index in [1.807, 2.05) is 38.1 Å². The second-order valence-electron chi connectivity index (χ2n) is 6.68. The standard InChI is InChI=1S/C20H24N2O4/c1-13(2)16-11-17(19(24)12-18(16)23)20(25)21-14-3-5-15(6-4-14)22-7-9-26-10-8-22/h3-6,11-13,23-24H,7-10H2,1-2H3,(H,21,25). The van der Waals surface area contributed by atoms with Crippen molar-refractivity contribution in [1.82, 2.24) is 0 Å². The van der Waals surface area contributed by atoms with Gasteiger partial charge in [0.05, 0.1) is 18.8 Å². The summed E-state index contributed by atoms with van der Waals surface area (Å²) < 4.78 is 5.35. The quantitative estimate of drug-likeness (QED) is 0.783. The Kier molecular flexibility index (Phi) is 5.32. The molecule has 1 fully saturated rings. The van der Waals surface area contributed by atoms with Gasteiger partial charge in [0.15, 0.2) is 0 Å². The third kappa shape index (κ3) is 3.91. The number of amides is 1. The molecule has 1 heterocycles. The van der Waals surface area contributed by atoms with Crippen LogP contribution in [0.4, 0.5) is 11.4 Å². The van der Waals surface area contributed by atoms with Gasteiger partial charge in [0.2, 0.25) is 0 Å². The maximum absolute atomic E-state index is 12.5. The molecule has 138 valence electrons. The molecule has 3 N–H and O–H groups in total. The number of hydrogen-bond donors (Lipinski definition) is 3. The van der Waals surface area contributed by atoms with Gasteiger partial charge < -0.3 is 25.2 Å². The van der Waals surface area contributed by atoms with Crippen LogP contribution < -0.4 is 10.2 Å². The number of carbonyl (C=O) groups excluding carboxylic acids is 1. The molecule has 6 heteroatoms. The zero-order chi connectivity index (χ0) is 18.7. The van der Waals surface area contributed by atoms with E-state index in [0.717, 1.165) is 32.0 Å². The Balaban J connectivity index is 1.74. The Morgan fingerprint density at radius 2 is 1.73 bits per heavy atom. The molecule has 1 amide bonds. The van der Waals surface area contributed by atoms with E-state index in [-0.39, 0.29) is 23.0 Å². The largest absolute Gasteiger partial charge is 0.508 e. The minimum absolute atomic E-state index is 0.0103. The van der Waals surface area contributed by atoms with Gasteiger partial charge in [-0.25, -0.2) is 0 Å². The second kappa shape index (κ2) is 7.66. The Morgan fingerprint density at radius 3 is 2.35 bits per heavy atom. The van der Waals surface area contributed by atoms with Gasteiger partial charge in [-0.3, -0.25) is 4.79 Å². The number of phenolic OH excluding ortho intramolecular Hbond substituents is 2. The molecule has 6 nitrogen and oxygen atoms in total. The fourth-order valence-corrected chi connectivity index (χ4v) is 3.01. The summed E-state index contributed by atoms with van der Waals surface area (Å²) in [6.45, 7) is 6.97. The Hall–Kier alpha value is -2.73. The van der Waals surface area contributed by atoms with Crippen molar-refractivity contribution in [2.45, 2.75) is 19.8 Å². The Morgan fingerprint density at radius 1 is 1.08 bits per heavy atom. The summed E-state index contributed by atoms with van der Waals surface area (Å²) in [6.07, 6.45) is 0. The van der Waals surface area contributed by atoms with E-state index in [1.54, 1.807) is 0 Å². The van der Waals surface area contributed by atoms with E-state index in [9.17, 15) is 15.0 Å². The molecule has 0 radical (unpaired) electrons. The van der Waals surface area contributed by atoms with Crippen molar-refractivity contribution in [2.24, 2.45) is 0 Å². The maximum Gasteiger partial charge on any atom is 0.259 e. The van der Waals surface area contributed by atoms with Crippen LogP contribution in [-0.2, 0) is 4.74 Å². The highest BCUT2D eigenvalue weighted by atomic mass is 16.5. The molecule has 0 aliphatic carbocycles. The van der Waals surface area contributed by atoms with Crippen LogP contribution in [0.3, 0.4) is 0 Å². The molecule has 0 saturated carbocycles. The topological polar surface area (TPSA) is 82.0 Å². The second-order valence-corrected chi connectivity index (χ2v) is 6.68. The van der Waals surface area contributed by atoms with Gasteiger partial charge >= 0.3 is 0 Å². The lowest BCUT2D eigenvalue weighted by molar-refractivity contribution is 0.102. The number of aromatic hydroxyl groups is 2. The number of nitrogens with zero attached hydrogens (tertiary/aromatic N) is 1. The van der Waals surface area contributed by atoms with Crippen molar-refractivity contribution in [2.75, 3.05) is 36.5 Å². The monoisotopic (exact) mass is 356 g/mol. The van der Waals surface area contributed by atoms with Gasteiger partial charge in [0.25, 0.3) is 5.91 Å². The van der Waals surface area contributed by atoms with E-state index in [4.69, 9.17) is 4.74 Å². The van der Waals surface area contributed by atoms with Crippen LogP contribution in [0.1, 0.15) is 35.7 Å². The lowest BCUT2D eigenvalue weighted by atomic mass is 9.98. The molecular formula is C20H24N2O4. The predicted molar refractivity (Wildman–Crippen MR) is 101 cm³/mol. The molecule has 2 aromatic rings. The third-order valence-electron chi connectivity index (χ3n) is 4.51. The summed E-state index contributed by atoms with van der Waals surface area (Å²) >= 11 is 0. The number of morpholine rings is 1. The molecule has 26 heavy (non-hydrogen) atoms. The molecule has 1 saturated heterocycles. The first kappa shape index (κ1) is 18.1. The number of phenols is 2. The van der Waals surface area contributed by atoms with Gasteiger partial charge in [-0.05, 0) is 41.8 Å². The molecule has 1 aliphatic rings. The van der Waals surface area contributed by atoms with Crippen molar-refractivity contribution in [3.63, 3.8) is 0 Å². The number of nitrogens with one attached hydrogen (secondary N) is 1. The number of anilines is 2. The van der Waals surface area contributed by atoms with Crippen LogP contribution >= 0.6 is 0 Å². The van der Waals surface area contributed by atoms with Gasteiger partial charge in [0, 0.05) is 30.5 Å². The number of rotatable bonds is 4. The van der Waals surface area contributed by atoms with Crippen LogP contribution in [0.2, 0.25) is 0 Å². The van der Waals surface area contributed by atoms with Gasteiger partial charge in [-0.2, -0.15) is 0 Å². The van der Waals surface area contributed by atoms with Crippen LogP contribution in [0.25, 0.3) is 0 Å². The maximum atomic E-state index is 12.5. The van der Waals surface area contributed by atoms with Crippen LogP contribution in [0.15, 0.2) is 36.4 Å². The van der Waals surface area contributed by atoms with E-state index in [1.165, 1.54) is 12.1 Å². The fraction of sp³-hybridized carbons (Fsp3) is 0.350. The van der Waals surface area contributed by atoms with Crippen molar-refractivity contribution >= 4 is 17.3 Å². The zero-order valence-electron chi connectivity index (χ0n) is 15.0. The molecule has 2 aromatic carbocycles. The first-order valence-corrected chi connectivity index (χ1v) is 8.75. The molecule has 1 aliphatic heterocycles. The highest BCUT2D eigenvalue weighted by Gasteiger charge is 2.17. The average Bonchev–Trinajstić information content (AvgIpc) is 2.62. The first-order valence-electron chi connectivity index (χ1n) is 8.75. The molecule has 0 spiro atoms. The highest BCUT2D eigenvalue weighted by Crippen LogP contribution is 2.32. The molecule has 0 atom stereocenters. The molecule has 0 bridgehead atoms. The predicted octanol–water partition coefficient (Wildman–Crippen LogP) is 3.31. The summed E-state index contributed by atoms with van der Waals surface area (Å²) in [4.78, 5) is 14.8. The number of ether oxygens (including phenoxy) is 1. The first-order chi connectivity index (χ1) is 12.5. The van der Waals surface area contributed by atoms with Crippen molar-refractivity contribution in [1.29, 1.82) is 0 Å². The number of benzene rings is 2. The number of carbonyl (C=O) groups is 1. The van der Waals surface area contributed by atoms with Crippen LogP contribution in [0, 0.1) is 0 Å². The lowest BCUT2D eigenvalue weighted by Crippen LogP contribution is -2.36. The summed E-state index contributed by atoms with van der Waals surface area (Å²) in [6, 6.07) is 10.3. The average molecular weight is 356 g/mol. The summed E-state index contributed by atoms with van der Waals surface area (Å²) in [5.41, 5.74) is 2.49. The number of hydrogen-bond acceptors (Lipinski definition) is 5. The lowest BCUT2D eigenvalue weighted by Gasteiger charge is -2.28. The molecule has 3 rings (SSSR count). The summed E-state index contributed by atoms with van der Waals surface area (Å²) in [7, 11) is 0. The summed E-state index contributed by atoms with van der Waals surface area (Å²) in [5.74, 6) is -0.628. The highest BCUT2D eigenvalue weighted by molar-refractivity contribution is 6.06. The van der Waals surface area contributed by atoms with Gasteiger partial charge in [-0.1, -0.05) is 13.8 Å². The van der Waals surface area contributed by atoms with Gasteiger partial charge in [0.1, 0.15) is 11.5 Å². The Labute approximate surface area is 153 Å². The van der Waals surface area contributed by atoms with E-state index in [2.05, 4.69) is 10.2 Å². The van der Waals surface area contributed by atoms with Crippen LogP contribution in [0.5, 0.6) is 11.5 Å². The van der Waals surface area contributed by atoms with Crippen molar-refractivity contribution in [3.05, 3.63) is 47.5 Å². The molecule has 0 unspecified atom stereocenters. The van der Waals surface area contributed by atoms with E-state index >= 15 is 0 Å². The zero-order valence-corrected chi connectivity index (χ0v) is 15.0. The van der Waals surface area contributed by atoms with E-state index in [0.29, 0.717) is 11.3 Å². The molecular weight excluding hydrogens is 332 g/mol. The van der Waals surface area contributed by atoms with Crippen molar-refractivity contribution < 1.29 is 19.7 Å². The SMILES string of the molecule is CC(C)c1cc(C(=O)Nc2ccc(N3CCOCC3)cc2)c(O)cc1O. The normalized spacial score (nSPS) is 14.5. The van der Waals surface area contributed by atoms with Gasteiger partial charge in [-0.15, -0.1) is 0 Å². The third-order valence-corrected chi connectivity index (χ3v) is 4.51. The minimum atomic E-state index is -0.413. The summed E-state index contributed by atoms with van der Waals surface area (Å²) in [5, 5.41) is 22.7. The minimum Gasteiger partial charge on any atom is -0.508 e. The Bertz CT molecular complexity index is 781.